The monoisotopic (exact) mass is 294 g/mol. The number of nitrogens with one attached hydrogen (secondary N) is 1. The molecule has 0 radical (unpaired) electrons. The number of unbranched alkanes of at least 4 members (excludes halogenated alkanes) is 2. The van der Waals surface area contributed by atoms with Crippen molar-refractivity contribution in [2.45, 2.75) is 59.6 Å². The first-order chi connectivity index (χ1) is 10.0. The number of carbonyl (C=O) groups is 1. The maximum Gasteiger partial charge on any atom is 0.339 e. The van der Waals surface area contributed by atoms with Gasteiger partial charge < -0.3 is 10.1 Å². The molecule has 0 amide bonds. The molecule has 0 aliphatic rings. The Labute approximate surface area is 129 Å². The molecule has 0 aliphatic carbocycles. The summed E-state index contributed by atoms with van der Waals surface area (Å²) in [4.78, 5) is 11.5. The highest BCUT2D eigenvalue weighted by atomic mass is 16.6. The third-order valence-electron chi connectivity index (χ3n) is 2.77. The highest BCUT2D eigenvalue weighted by Gasteiger charge is 2.08. The smallest absolute Gasteiger partial charge is 0.339 e. The Bertz CT molecular complexity index is 373. The van der Waals surface area contributed by atoms with Gasteiger partial charge in [-0.3, -0.25) is 5.73 Å². The van der Waals surface area contributed by atoms with Crippen molar-refractivity contribution < 1.29 is 9.53 Å². The number of esters is 1. The van der Waals surface area contributed by atoms with Crippen LogP contribution in [0, 0.1) is 0 Å². The van der Waals surface area contributed by atoms with Crippen LogP contribution in [0.2, 0.25) is 0 Å². The molecule has 4 heteroatoms. The van der Waals surface area contributed by atoms with E-state index in [0.717, 1.165) is 25.1 Å². The molecule has 1 aromatic rings. The van der Waals surface area contributed by atoms with E-state index in [4.69, 9.17) is 10.5 Å². The third kappa shape index (κ3) is 9.91. The van der Waals surface area contributed by atoms with Gasteiger partial charge in [0.15, 0.2) is 0 Å². The van der Waals surface area contributed by atoms with Crippen LogP contribution in [-0.2, 0) is 4.74 Å². The second kappa shape index (κ2) is 12.2. The fraction of sp³-hybridized carbons (Fsp3) is 0.588. The maximum absolute atomic E-state index is 11.5. The lowest BCUT2D eigenvalue weighted by molar-refractivity contribution is 0.0355. The second-order valence-corrected chi connectivity index (χ2v) is 4.97. The van der Waals surface area contributed by atoms with Gasteiger partial charge in [0, 0.05) is 12.2 Å². The first-order valence-electron chi connectivity index (χ1n) is 7.85. The van der Waals surface area contributed by atoms with Gasteiger partial charge in [-0.25, -0.2) is 4.79 Å². The van der Waals surface area contributed by atoms with Crippen LogP contribution in [0.1, 0.15) is 63.7 Å². The van der Waals surface area contributed by atoms with Gasteiger partial charge in [-0.2, -0.15) is 0 Å². The van der Waals surface area contributed by atoms with Crippen molar-refractivity contribution in [3.05, 3.63) is 29.8 Å². The number of carbonyl (C=O) groups excluding carboxylic acids is 1. The lowest BCUT2D eigenvalue weighted by Gasteiger charge is -2.09. The zero-order valence-corrected chi connectivity index (χ0v) is 13.8. The number of benzene rings is 1. The maximum atomic E-state index is 11.5. The van der Waals surface area contributed by atoms with Crippen molar-refractivity contribution >= 4 is 11.7 Å². The Morgan fingerprint density at radius 3 is 2.14 bits per heavy atom. The molecular weight excluding hydrogens is 264 g/mol. The number of hydrogen-bond donors (Lipinski definition) is 2. The van der Waals surface area contributed by atoms with Crippen LogP contribution in [0.4, 0.5) is 5.69 Å². The topological polar surface area (TPSA) is 64.3 Å². The fourth-order valence-electron chi connectivity index (χ4n) is 1.37. The van der Waals surface area contributed by atoms with E-state index in [0.29, 0.717) is 5.56 Å². The molecule has 1 rings (SSSR count). The number of ether oxygens (including phenoxy) is 1. The molecule has 1 aromatic carbocycles. The Morgan fingerprint density at radius 1 is 1.14 bits per heavy atom. The van der Waals surface area contributed by atoms with Crippen molar-refractivity contribution in [3.8, 4) is 0 Å². The predicted octanol–water partition coefficient (Wildman–Crippen LogP) is 4.17. The summed E-state index contributed by atoms with van der Waals surface area (Å²) in [6.07, 6.45) is 4.35. The zero-order chi connectivity index (χ0) is 16.1. The minimum absolute atomic E-state index is 0.389. The molecule has 21 heavy (non-hydrogen) atoms. The van der Waals surface area contributed by atoms with Crippen molar-refractivity contribution in [3.63, 3.8) is 0 Å². The average molecular weight is 294 g/mol. The summed E-state index contributed by atoms with van der Waals surface area (Å²) in [6, 6.07) is 7.21. The second-order valence-electron chi connectivity index (χ2n) is 4.97. The van der Waals surface area contributed by atoms with Gasteiger partial charge >= 0.3 is 5.97 Å². The summed E-state index contributed by atoms with van der Waals surface area (Å²) in [5, 5.41) is 3.28. The SMILES string of the molecule is CCCC.CCCCNc1ccc(C(=O)OC(C)N)cc1. The average Bonchev–Trinajstić information content (AvgIpc) is 2.48. The molecule has 0 saturated carbocycles. The van der Waals surface area contributed by atoms with Crippen LogP contribution in [0.5, 0.6) is 0 Å². The van der Waals surface area contributed by atoms with Crippen molar-refractivity contribution in [1.82, 2.24) is 0 Å². The normalized spacial score (nSPS) is 11.1. The van der Waals surface area contributed by atoms with Gasteiger partial charge in [0.1, 0.15) is 6.23 Å². The summed E-state index contributed by atoms with van der Waals surface area (Å²) in [7, 11) is 0. The van der Waals surface area contributed by atoms with Crippen LogP contribution in [0.25, 0.3) is 0 Å². The van der Waals surface area contributed by atoms with E-state index < -0.39 is 6.23 Å². The Kier molecular flexibility index (Phi) is 11.3. The predicted molar refractivity (Wildman–Crippen MR) is 89.5 cm³/mol. The van der Waals surface area contributed by atoms with Crippen LogP contribution < -0.4 is 11.1 Å². The highest BCUT2D eigenvalue weighted by molar-refractivity contribution is 5.89. The van der Waals surface area contributed by atoms with Gasteiger partial charge in [-0.1, -0.05) is 40.0 Å². The number of anilines is 1. The largest absolute Gasteiger partial charge is 0.444 e. The van der Waals surface area contributed by atoms with Gasteiger partial charge in [0.2, 0.25) is 0 Å². The summed E-state index contributed by atoms with van der Waals surface area (Å²) >= 11 is 0. The van der Waals surface area contributed by atoms with Crippen LogP contribution in [0.15, 0.2) is 24.3 Å². The molecule has 0 heterocycles. The summed E-state index contributed by atoms with van der Waals surface area (Å²) < 4.78 is 4.89. The van der Waals surface area contributed by atoms with E-state index in [-0.39, 0.29) is 5.97 Å². The minimum Gasteiger partial charge on any atom is -0.444 e. The molecule has 0 spiro atoms. The van der Waals surface area contributed by atoms with Crippen LogP contribution in [-0.4, -0.2) is 18.7 Å². The number of hydrogen-bond acceptors (Lipinski definition) is 4. The standard InChI is InChI=1S/C13H20N2O2.C4H10/c1-3-4-9-15-12-7-5-11(6-8-12)13(16)17-10(2)14;1-3-4-2/h5-8,10,15H,3-4,9,14H2,1-2H3;3-4H2,1-2H3. The Hall–Kier alpha value is -1.55. The minimum atomic E-state index is -0.579. The van der Waals surface area contributed by atoms with E-state index in [1.807, 2.05) is 12.1 Å². The lowest BCUT2D eigenvalue weighted by atomic mass is 10.2. The molecule has 0 saturated heterocycles. The van der Waals surface area contributed by atoms with Gasteiger partial charge in [-0.05, 0) is 37.6 Å². The number of nitrogens with two attached hydrogens (primary N) is 1. The molecule has 0 bridgehead atoms. The van der Waals surface area contributed by atoms with Gasteiger partial charge in [0.25, 0.3) is 0 Å². The fourth-order valence-corrected chi connectivity index (χ4v) is 1.37. The zero-order valence-electron chi connectivity index (χ0n) is 13.8. The van der Waals surface area contributed by atoms with E-state index in [2.05, 4.69) is 26.1 Å². The molecule has 4 nitrogen and oxygen atoms in total. The van der Waals surface area contributed by atoms with Crippen molar-refractivity contribution in [1.29, 1.82) is 0 Å². The Morgan fingerprint density at radius 2 is 1.71 bits per heavy atom. The van der Waals surface area contributed by atoms with E-state index in [1.54, 1.807) is 19.1 Å². The summed E-state index contributed by atoms with van der Waals surface area (Å²) in [5.41, 5.74) is 6.91. The quantitative estimate of drug-likeness (QED) is 0.450. The van der Waals surface area contributed by atoms with Gasteiger partial charge in [-0.15, -0.1) is 0 Å². The van der Waals surface area contributed by atoms with Gasteiger partial charge in [0.05, 0.1) is 5.56 Å². The van der Waals surface area contributed by atoms with E-state index in [9.17, 15) is 4.79 Å². The van der Waals surface area contributed by atoms with Crippen LogP contribution >= 0.6 is 0 Å². The summed E-state index contributed by atoms with van der Waals surface area (Å²) in [5.74, 6) is -0.389. The molecule has 0 aliphatic heterocycles. The van der Waals surface area contributed by atoms with Crippen molar-refractivity contribution in [2.24, 2.45) is 5.73 Å². The van der Waals surface area contributed by atoms with E-state index in [1.165, 1.54) is 12.8 Å². The van der Waals surface area contributed by atoms with E-state index >= 15 is 0 Å². The molecule has 1 unspecified atom stereocenters. The first kappa shape index (κ1) is 19.4. The molecular formula is C17H30N2O2. The molecule has 1 atom stereocenters. The number of rotatable bonds is 7. The summed E-state index contributed by atoms with van der Waals surface area (Å²) in [6.45, 7) is 9.08. The lowest BCUT2D eigenvalue weighted by Crippen LogP contribution is -2.23. The first-order valence-corrected chi connectivity index (χ1v) is 7.85. The molecule has 3 N–H and O–H groups in total. The highest BCUT2D eigenvalue weighted by Crippen LogP contribution is 2.11. The molecule has 0 aromatic heterocycles. The third-order valence-corrected chi connectivity index (χ3v) is 2.77. The molecule has 120 valence electrons. The Balaban J connectivity index is 0.000000885. The van der Waals surface area contributed by atoms with Crippen LogP contribution in [0.3, 0.4) is 0 Å². The molecule has 0 fully saturated rings. The van der Waals surface area contributed by atoms with Crippen molar-refractivity contribution in [2.75, 3.05) is 11.9 Å².